The summed E-state index contributed by atoms with van der Waals surface area (Å²) >= 11 is 0. The Morgan fingerprint density at radius 2 is 2.00 bits per heavy atom. The average Bonchev–Trinajstić information content (AvgIpc) is 2.30. The number of rotatable bonds is 3. The van der Waals surface area contributed by atoms with Crippen molar-refractivity contribution in [3.8, 4) is 0 Å². The number of nitrogens with one attached hydrogen (secondary N) is 1. The van der Waals surface area contributed by atoms with Crippen LogP contribution in [-0.2, 0) is 0 Å². The first-order chi connectivity index (χ1) is 7.65. The summed E-state index contributed by atoms with van der Waals surface area (Å²) in [4.78, 5) is 6.73. The fourth-order valence-corrected chi connectivity index (χ4v) is 2.17. The number of guanidine groups is 1. The molecule has 0 aromatic rings. The Hall–Kier alpha value is -0.770. The molecule has 1 aliphatic rings. The summed E-state index contributed by atoms with van der Waals surface area (Å²) in [5.41, 5.74) is 2.73. The summed E-state index contributed by atoms with van der Waals surface area (Å²) in [5, 5.41) is 0. The van der Waals surface area contributed by atoms with Crippen LogP contribution < -0.4 is 11.3 Å². The second kappa shape index (κ2) is 6.74. The van der Waals surface area contributed by atoms with E-state index in [9.17, 15) is 0 Å². The van der Waals surface area contributed by atoms with Crippen LogP contribution in [0.2, 0.25) is 0 Å². The van der Waals surface area contributed by atoms with E-state index in [-0.39, 0.29) is 0 Å². The molecule has 4 heteroatoms. The van der Waals surface area contributed by atoms with Gasteiger partial charge in [0.25, 0.3) is 0 Å². The fraction of sp³-hybridized carbons (Fsp3) is 0.917. The average molecular weight is 226 g/mol. The number of aliphatic imine (C=N–C) groups is 1. The van der Waals surface area contributed by atoms with Crippen LogP contribution in [0.1, 0.15) is 46.0 Å². The predicted molar refractivity (Wildman–Crippen MR) is 69.1 cm³/mol. The molecule has 0 saturated heterocycles. The Labute approximate surface area is 99.3 Å². The third-order valence-electron chi connectivity index (χ3n) is 3.19. The largest absolute Gasteiger partial charge is 0.342 e. The van der Waals surface area contributed by atoms with Gasteiger partial charge in [0.2, 0.25) is 5.96 Å². The van der Waals surface area contributed by atoms with E-state index in [1.54, 1.807) is 0 Å². The van der Waals surface area contributed by atoms with Crippen molar-refractivity contribution in [2.75, 3.05) is 13.6 Å². The quantitative estimate of drug-likeness (QED) is 0.333. The van der Waals surface area contributed by atoms with Gasteiger partial charge < -0.3 is 4.90 Å². The van der Waals surface area contributed by atoms with Crippen molar-refractivity contribution in [3.05, 3.63) is 0 Å². The van der Waals surface area contributed by atoms with Crippen molar-refractivity contribution in [2.24, 2.45) is 16.8 Å². The minimum Gasteiger partial charge on any atom is -0.342 e. The van der Waals surface area contributed by atoms with Gasteiger partial charge in [0.1, 0.15) is 0 Å². The van der Waals surface area contributed by atoms with E-state index in [1.165, 1.54) is 32.1 Å². The number of hydrogen-bond donors (Lipinski definition) is 2. The molecule has 0 amide bonds. The van der Waals surface area contributed by atoms with E-state index in [2.05, 4.69) is 36.2 Å². The van der Waals surface area contributed by atoms with E-state index in [1.807, 2.05) is 0 Å². The molecule has 0 aromatic heterocycles. The van der Waals surface area contributed by atoms with Crippen LogP contribution in [0.3, 0.4) is 0 Å². The zero-order valence-electron chi connectivity index (χ0n) is 10.9. The minimum absolute atomic E-state index is 0.572. The van der Waals surface area contributed by atoms with Crippen LogP contribution in [0.15, 0.2) is 4.99 Å². The molecule has 94 valence electrons. The SMILES string of the molecule is CC(C)CN=C(NN)N(C)C1CCCCC1. The maximum Gasteiger partial charge on any atom is 0.208 e. The second-order valence-corrected chi connectivity index (χ2v) is 5.11. The maximum atomic E-state index is 5.54. The van der Waals surface area contributed by atoms with E-state index in [4.69, 9.17) is 5.84 Å². The third kappa shape index (κ3) is 4.00. The first-order valence-corrected chi connectivity index (χ1v) is 6.39. The Morgan fingerprint density at radius 1 is 1.38 bits per heavy atom. The van der Waals surface area contributed by atoms with Crippen LogP contribution in [0.25, 0.3) is 0 Å². The van der Waals surface area contributed by atoms with E-state index in [0.29, 0.717) is 12.0 Å². The van der Waals surface area contributed by atoms with Gasteiger partial charge in [-0.2, -0.15) is 0 Å². The summed E-state index contributed by atoms with van der Waals surface area (Å²) in [6.45, 7) is 5.16. The molecule has 0 heterocycles. The molecule has 0 spiro atoms. The summed E-state index contributed by atoms with van der Waals surface area (Å²) in [5.74, 6) is 6.95. The van der Waals surface area contributed by atoms with E-state index in [0.717, 1.165) is 12.5 Å². The zero-order valence-corrected chi connectivity index (χ0v) is 10.9. The Morgan fingerprint density at radius 3 is 2.50 bits per heavy atom. The lowest BCUT2D eigenvalue weighted by molar-refractivity contribution is 0.271. The molecule has 0 aliphatic heterocycles. The molecule has 0 bridgehead atoms. The third-order valence-corrected chi connectivity index (χ3v) is 3.19. The van der Waals surface area contributed by atoms with Gasteiger partial charge in [0.15, 0.2) is 0 Å². The number of hydrogen-bond acceptors (Lipinski definition) is 2. The number of hydrazine groups is 1. The van der Waals surface area contributed by atoms with Crippen molar-refractivity contribution < 1.29 is 0 Å². The van der Waals surface area contributed by atoms with Crippen LogP contribution >= 0.6 is 0 Å². The second-order valence-electron chi connectivity index (χ2n) is 5.11. The lowest BCUT2D eigenvalue weighted by Gasteiger charge is -2.33. The molecule has 1 fully saturated rings. The lowest BCUT2D eigenvalue weighted by Crippen LogP contribution is -2.48. The molecule has 0 radical (unpaired) electrons. The molecule has 0 aromatic carbocycles. The number of nitrogens with two attached hydrogens (primary N) is 1. The van der Waals surface area contributed by atoms with Crippen molar-refractivity contribution in [1.29, 1.82) is 0 Å². The first-order valence-electron chi connectivity index (χ1n) is 6.39. The lowest BCUT2D eigenvalue weighted by atomic mass is 9.95. The van der Waals surface area contributed by atoms with Crippen LogP contribution in [0.5, 0.6) is 0 Å². The highest BCUT2D eigenvalue weighted by Gasteiger charge is 2.20. The van der Waals surface area contributed by atoms with Gasteiger partial charge in [-0.05, 0) is 18.8 Å². The molecule has 1 rings (SSSR count). The van der Waals surface area contributed by atoms with E-state index < -0.39 is 0 Å². The summed E-state index contributed by atoms with van der Waals surface area (Å²) < 4.78 is 0. The molecule has 16 heavy (non-hydrogen) atoms. The number of nitrogens with zero attached hydrogens (tertiary/aromatic N) is 2. The Kier molecular flexibility index (Phi) is 5.60. The molecule has 3 N–H and O–H groups in total. The highest BCUT2D eigenvalue weighted by molar-refractivity contribution is 5.79. The Balaban J connectivity index is 2.53. The van der Waals surface area contributed by atoms with Gasteiger partial charge in [-0.3, -0.25) is 10.4 Å². The minimum atomic E-state index is 0.572. The van der Waals surface area contributed by atoms with Gasteiger partial charge in [-0.25, -0.2) is 5.84 Å². The van der Waals surface area contributed by atoms with Crippen LogP contribution in [0.4, 0.5) is 0 Å². The van der Waals surface area contributed by atoms with Crippen molar-refractivity contribution in [2.45, 2.75) is 52.0 Å². The topological polar surface area (TPSA) is 53.6 Å². The molecule has 1 saturated carbocycles. The monoisotopic (exact) mass is 226 g/mol. The van der Waals surface area contributed by atoms with Gasteiger partial charge in [0.05, 0.1) is 0 Å². The van der Waals surface area contributed by atoms with Gasteiger partial charge in [0, 0.05) is 19.6 Å². The summed E-state index contributed by atoms with van der Waals surface area (Å²) in [6, 6.07) is 0.607. The van der Waals surface area contributed by atoms with E-state index >= 15 is 0 Å². The highest BCUT2D eigenvalue weighted by atomic mass is 15.4. The molecular weight excluding hydrogens is 200 g/mol. The van der Waals surface area contributed by atoms with Gasteiger partial charge in [-0.15, -0.1) is 0 Å². The zero-order chi connectivity index (χ0) is 12.0. The van der Waals surface area contributed by atoms with Crippen molar-refractivity contribution >= 4 is 5.96 Å². The normalized spacial score (nSPS) is 18.9. The van der Waals surface area contributed by atoms with Crippen LogP contribution in [-0.4, -0.2) is 30.5 Å². The molecule has 0 atom stereocenters. The van der Waals surface area contributed by atoms with Crippen molar-refractivity contribution in [1.82, 2.24) is 10.3 Å². The highest BCUT2D eigenvalue weighted by Crippen LogP contribution is 2.21. The van der Waals surface area contributed by atoms with Crippen LogP contribution in [0, 0.1) is 5.92 Å². The standard InChI is InChI=1S/C12H26N4/c1-10(2)9-14-12(15-13)16(3)11-7-5-4-6-8-11/h10-11H,4-9,13H2,1-3H3,(H,14,15). The summed E-state index contributed by atoms with van der Waals surface area (Å²) in [7, 11) is 2.09. The smallest absolute Gasteiger partial charge is 0.208 e. The Bertz CT molecular complexity index is 219. The predicted octanol–water partition coefficient (Wildman–Crippen LogP) is 1.73. The first kappa shape index (κ1) is 13.3. The maximum absolute atomic E-state index is 5.54. The fourth-order valence-electron chi connectivity index (χ4n) is 2.17. The summed E-state index contributed by atoms with van der Waals surface area (Å²) in [6.07, 6.45) is 6.56. The molecule has 1 aliphatic carbocycles. The van der Waals surface area contributed by atoms with Gasteiger partial charge >= 0.3 is 0 Å². The molecular formula is C12H26N4. The van der Waals surface area contributed by atoms with Crippen molar-refractivity contribution in [3.63, 3.8) is 0 Å². The van der Waals surface area contributed by atoms with Gasteiger partial charge in [-0.1, -0.05) is 33.1 Å². The molecule has 4 nitrogen and oxygen atoms in total. The molecule has 0 unspecified atom stereocenters.